The van der Waals surface area contributed by atoms with E-state index in [1.807, 2.05) is 24.3 Å². The standard InChI is InChI=1S/C32H33N3O6/c1-37-26-14-19-10-12-35-30(32(36)39-3)29(20-8-9-25-28(15-20)41-18-40-25)34(31(35)23(19)16-27(26)38-2)13-11-21-17-33-24-7-5-4-6-22(21)24/h4-9,14-17,29-31,33H,10-13,18H2,1-3H3/t29-,30+,31-/m1/s1. The van der Waals surface area contributed by atoms with E-state index in [1.165, 1.54) is 23.6 Å². The number of para-hydroxylation sites is 1. The summed E-state index contributed by atoms with van der Waals surface area (Å²) >= 11 is 0. The summed E-state index contributed by atoms with van der Waals surface area (Å²) in [5, 5.41) is 1.21. The maximum absolute atomic E-state index is 13.6. The number of H-pyrrole nitrogens is 1. The summed E-state index contributed by atoms with van der Waals surface area (Å²) in [6, 6.07) is 17.7. The summed E-state index contributed by atoms with van der Waals surface area (Å²) in [7, 11) is 4.78. The fourth-order valence-electron chi connectivity index (χ4n) is 6.82. The quantitative estimate of drug-likeness (QED) is 0.331. The van der Waals surface area contributed by atoms with Crippen LogP contribution in [0.1, 0.15) is 34.5 Å². The Morgan fingerprint density at radius 1 is 1.00 bits per heavy atom. The maximum Gasteiger partial charge on any atom is 0.325 e. The molecule has 7 rings (SSSR count). The molecule has 0 aliphatic carbocycles. The van der Waals surface area contributed by atoms with Crippen molar-refractivity contribution in [3.63, 3.8) is 0 Å². The van der Waals surface area contributed by atoms with E-state index in [1.54, 1.807) is 14.2 Å². The van der Waals surface area contributed by atoms with Gasteiger partial charge in [0.2, 0.25) is 6.79 Å². The summed E-state index contributed by atoms with van der Waals surface area (Å²) in [6.45, 7) is 1.61. The third-order valence-electron chi connectivity index (χ3n) is 8.70. The molecular formula is C32H33N3O6. The van der Waals surface area contributed by atoms with Crippen LogP contribution in [0.4, 0.5) is 0 Å². The molecular weight excluding hydrogens is 522 g/mol. The number of aromatic nitrogens is 1. The zero-order valence-electron chi connectivity index (χ0n) is 23.4. The number of benzene rings is 3. The van der Waals surface area contributed by atoms with E-state index in [4.69, 9.17) is 23.7 Å². The molecule has 1 aromatic heterocycles. The number of hydrogen-bond donors (Lipinski definition) is 1. The lowest BCUT2D eigenvalue weighted by atomic mass is 9.95. The van der Waals surface area contributed by atoms with Crippen molar-refractivity contribution in [1.29, 1.82) is 0 Å². The number of nitrogens with zero attached hydrogens (tertiary/aromatic N) is 2. The Balaban J connectivity index is 1.36. The number of ether oxygens (including phenoxy) is 5. The minimum Gasteiger partial charge on any atom is -0.493 e. The normalized spacial score (nSPS) is 21.5. The fraction of sp³-hybridized carbons (Fsp3) is 0.344. The van der Waals surface area contributed by atoms with E-state index < -0.39 is 6.04 Å². The van der Waals surface area contributed by atoms with Crippen molar-refractivity contribution in [1.82, 2.24) is 14.8 Å². The highest BCUT2D eigenvalue weighted by Gasteiger charge is 2.53. The molecule has 4 heterocycles. The van der Waals surface area contributed by atoms with E-state index in [-0.39, 0.29) is 25.0 Å². The monoisotopic (exact) mass is 555 g/mol. The van der Waals surface area contributed by atoms with E-state index in [0.717, 1.165) is 29.5 Å². The van der Waals surface area contributed by atoms with Crippen molar-refractivity contribution >= 4 is 16.9 Å². The van der Waals surface area contributed by atoms with Gasteiger partial charge in [0.15, 0.2) is 23.0 Å². The van der Waals surface area contributed by atoms with Gasteiger partial charge in [-0.1, -0.05) is 24.3 Å². The maximum atomic E-state index is 13.6. The van der Waals surface area contributed by atoms with Gasteiger partial charge in [-0.25, -0.2) is 0 Å². The Hall–Kier alpha value is -4.21. The second-order valence-corrected chi connectivity index (χ2v) is 10.6. The molecule has 0 spiro atoms. The van der Waals surface area contributed by atoms with Crippen molar-refractivity contribution in [2.75, 3.05) is 41.2 Å². The van der Waals surface area contributed by atoms with Crippen LogP contribution in [0.15, 0.2) is 60.8 Å². The largest absolute Gasteiger partial charge is 0.493 e. The van der Waals surface area contributed by atoms with Crippen LogP contribution in [0.3, 0.4) is 0 Å². The Labute approximate surface area is 238 Å². The number of carbonyl (C=O) groups excluding carboxylic acids is 1. The number of carbonyl (C=O) groups is 1. The molecule has 4 aromatic rings. The third kappa shape index (κ3) is 4.19. The van der Waals surface area contributed by atoms with Gasteiger partial charge in [0.1, 0.15) is 6.04 Å². The van der Waals surface area contributed by atoms with E-state index in [0.29, 0.717) is 36.1 Å². The van der Waals surface area contributed by atoms with Crippen molar-refractivity contribution in [3.05, 3.63) is 83.0 Å². The molecule has 0 amide bonds. The Morgan fingerprint density at radius 3 is 2.63 bits per heavy atom. The molecule has 3 aliphatic rings. The van der Waals surface area contributed by atoms with Crippen LogP contribution in [0.2, 0.25) is 0 Å². The van der Waals surface area contributed by atoms with Crippen molar-refractivity contribution in [3.8, 4) is 23.0 Å². The van der Waals surface area contributed by atoms with Gasteiger partial charge in [0.05, 0.1) is 33.5 Å². The average Bonchev–Trinajstić information content (AvgIpc) is 3.74. The van der Waals surface area contributed by atoms with Crippen molar-refractivity contribution in [2.24, 2.45) is 0 Å². The molecule has 0 bridgehead atoms. The predicted molar refractivity (Wildman–Crippen MR) is 153 cm³/mol. The molecule has 0 unspecified atom stereocenters. The van der Waals surface area contributed by atoms with Crippen LogP contribution in [0.25, 0.3) is 10.9 Å². The summed E-state index contributed by atoms with van der Waals surface area (Å²) < 4.78 is 28.1. The Bertz CT molecular complexity index is 1620. The number of hydrogen-bond acceptors (Lipinski definition) is 8. The van der Waals surface area contributed by atoms with Crippen molar-refractivity contribution in [2.45, 2.75) is 31.1 Å². The van der Waals surface area contributed by atoms with Crippen LogP contribution >= 0.6 is 0 Å². The van der Waals surface area contributed by atoms with E-state index in [9.17, 15) is 4.79 Å². The molecule has 3 aliphatic heterocycles. The first-order valence-corrected chi connectivity index (χ1v) is 13.9. The summed E-state index contributed by atoms with van der Waals surface area (Å²) in [5.41, 5.74) is 5.65. The van der Waals surface area contributed by atoms with Gasteiger partial charge in [-0.2, -0.15) is 0 Å². The number of aromatic amines is 1. The summed E-state index contributed by atoms with van der Waals surface area (Å²) in [4.78, 5) is 21.7. The van der Waals surface area contributed by atoms with Crippen LogP contribution in [-0.4, -0.2) is 68.0 Å². The van der Waals surface area contributed by atoms with Gasteiger partial charge in [0.25, 0.3) is 0 Å². The van der Waals surface area contributed by atoms with Gasteiger partial charge in [-0.05, 0) is 65.4 Å². The third-order valence-corrected chi connectivity index (χ3v) is 8.70. The molecule has 212 valence electrons. The number of rotatable bonds is 7. The molecule has 1 saturated heterocycles. The highest BCUT2D eigenvalue weighted by molar-refractivity contribution is 5.83. The summed E-state index contributed by atoms with van der Waals surface area (Å²) in [6.07, 6.45) is 3.51. The molecule has 0 radical (unpaired) electrons. The molecule has 9 heteroatoms. The predicted octanol–water partition coefficient (Wildman–Crippen LogP) is 4.61. The lowest BCUT2D eigenvalue weighted by Crippen LogP contribution is -2.43. The topological polar surface area (TPSA) is 85.5 Å². The Morgan fingerprint density at radius 2 is 1.80 bits per heavy atom. The number of nitrogens with one attached hydrogen (secondary N) is 1. The minimum atomic E-state index is -0.505. The lowest BCUT2D eigenvalue weighted by molar-refractivity contribution is -0.147. The SMILES string of the molecule is COC(=O)[C@@H]1[C@@H](c2ccc3c(c2)OCO3)N(CCc2c[nH]c3ccccc23)[C@H]2c3cc(OC)c(OC)cc3CCN21. The molecule has 0 saturated carbocycles. The highest BCUT2D eigenvalue weighted by atomic mass is 16.7. The second-order valence-electron chi connectivity index (χ2n) is 10.6. The number of methoxy groups -OCH3 is 3. The highest BCUT2D eigenvalue weighted by Crippen LogP contribution is 2.51. The van der Waals surface area contributed by atoms with E-state index >= 15 is 0 Å². The molecule has 9 nitrogen and oxygen atoms in total. The molecule has 1 N–H and O–H groups in total. The molecule has 41 heavy (non-hydrogen) atoms. The van der Waals surface area contributed by atoms with Gasteiger partial charge >= 0.3 is 5.97 Å². The van der Waals surface area contributed by atoms with Crippen LogP contribution in [0.5, 0.6) is 23.0 Å². The first-order valence-electron chi connectivity index (χ1n) is 13.9. The molecule has 3 atom stereocenters. The van der Waals surface area contributed by atoms with Crippen LogP contribution < -0.4 is 18.9 Å². The van der Waals surface area contributed by atoms with Crippen molar-refractivity contribution < 1.29 is 28.5 Å². The first kappa shape index (κ1) is 25.7. The van der Waals surface area contributed by atoms with Gasteiger partial charge < -0.3 is 28.7 Å². The average molecular weight is 556 g/mol. The molecule has 1 fully saturated rings. The number of esters is 1. The minimum absolute atomic E-state index is 0.164. The Kier molecular flexibility index (Phi) is 6.48. The van der Waals surface area contributed by atoms with Gasteiger partial charge in [-0.3, -0.25) is 14.6 Å². The zero-order valence-corrected chi connectivity index (χ0v) is 23.4. The van der Waals surface area contributed by atoms with Crippen LogP contribution in [0, 0.1) is 0 Å². The fourth-order valence-corrected chi connectivity index (χ4v) is 6.82. The van der Waals surface area contributed by atoms with Gasteiger partial charge in [-0.15, -0.1) is 0 Å². The van der Waals surface area contributed by atoms with Gasteiger partial charge in [0, 0.05) is 30.2 Å². The first-order chi connectivity index (χ1) is 20.1. The lowest BCUT2D eigenvalue weighted by Gasteiger charge is -2.37. The zero-order chi connectivity index (χ0) is 28.1. The number of fused-ring (bicyclic) bond motifs is 5. The smallest absolute Gasteiger partial charge is 0.325 e. The van der Waals surface area contributed by atoms with Crippen LogP contribution in [-0.2, 0) is 22.4 Å². The second kappa shape index (κ2) is 10.3. The molecule has 3 aromatic carbocycles. The van der Waals surface area contributed by atoms with E-state index in [2.05, 4.69) is 51.3 Å². The summed E-state index contributed by atoms with van der Waals surface area (Å²) in [5.74, 6) is 2.54.